The van der Waals surface area contributed by atoms with Gasteiger partial charge in [-0.25, -0.2) is 19.0 Å². The zero-order valence-corrected chi connectivity index (χ0v) is 52.7. The number of β-amino-alcohol motifs (C(OH)–C–C–N with tert-alkyl or cyclic N) is 1. The number of aliphatic hydroxyl groups is 1. The number of halogens is 1. The summed E-state index contributed by atoms with van der Waals surface area (Å²) < 4.78 is 47.4. The summed E-state index contributed by atoms with van der Waals surface area (Å²) >= 11 is 1.57. The van der Waals surface area contributed by atoms with Crippen LogP contribution in [0.25, 0.3) is 43.4 Å². The summed E-state index contributed by atoms with van der Waals surface area (Å²) in [6.45, 7) is 17.0. The van der Waals surface area contributed by atoms with Crippen molar-refractivity contribution < 1.29 is 52.1 Å². The molecule has 23 heteroatoms. The molecule has 3 aromatic carbocycles. The van der Waals surface area contributed by atoms with Gasteiger partial charge >= 0.3 is 18.2 Å². The molecule has 5 fully saturated rings. The van der Waals surface area contributed by atoms with Gasteiger partial charge in [0.1, 0.15) is 53.9 Å². The molecular formula is C66H78FN11O10S. The number of nitrogens with zero attached hydrogens (tertiary/aromatic N) is 10. The number of aryl methyl sites for hydroxylation is 2. The summed E-state index contributed by atoms with van der Waals surface area (Å²) in [4.78, 5) is 84.1. The first kappa shape index (κ1) is 61.2. The first-order valence-electron chi connectivity index (χ1n) is 31.0. The first-order chi connectivity index (χ1) is 42.7. The second kappa shape index (κ2) is 25.1. The van der Waals surface area contributed by atoms with E-state index in [9.17, 15) is 24.3 Å². The van der Waals surface area contributed by atoms with Gasteiger partial charge in [-0.1, -0.05) is 81.4 Å². The molecule has 4 unspecified atom stereocenters. The van der Waals surface area contributed by atoms with Crippen LogP contribution in [0, 0.1) is 18.7 Å². The number of anilines is 1. The molecule has 12 rings (SSSR count). The number of nitrogens with one attached hydrogen (secondary N) is 1. The van der Waals surface area contributed by atoms with E-state index in [1.807, 2.05) is 121 Å². The normalized spacial score (nSPS) is 22.0. The lowest BCUT2D eigenvalue weighted by Crippen LogP contribution is -2.57. The van der Waals surface area contributed by atoms with Crippen LogP contribution in [0.3, 0.4) is 0 Å². The van der Waals surface area contributed by atoms with E-state index >= 15 is 4.39 Å². The molecular weight excluding hydrogens is 1160 g/mol. The van der Waals surface area contributed by atoms with Crippen LogP contribution in [-0.4, -0.2) is 175 Å². The highest BCUT2D eigenvalue weighted by atomic mass is 32.1. The predicted octanol–water partition coefficient (Wildman–Crippen LogP) is 9.87. The molecule has 4 amide bonds. The van der Waals surface area contributed by atoms with Crippen molar-refractivity contribution in [1.82, 2.24) is 50.0 Å². The zero-order valence-electron chi connectivity index (χ0n) is 51.9. The smallest absolute Gasteiger partial charge is 0.410 e. The fourth-order valence-electron chi connectivity index (χ4n) is 13.5. The van der Waals surface area contributed by atoms with Crippen molar-refractivity contribution in [2.45, 2.75) is 154 Å². The standard InChI is InChI=1S/C66H78FN11O10S/c1-10-39-13-11-14-41-15-12-16-49(55(39)41)57-56(67)58-50(27-68-57)60(75-28-43-21-22-44(29-75)78(43)65(83)87-66(6,7)8)72-63(71-58)84-33-45-23-24-46(74(45)9)34-85-64(82)76-31-48(32-76)86-53-26-52(88-73-53)54(36(2)3)62(81)77-30-47(79)25-51(77)61(80)70-37(4)40-17-19-42(20-18-40)59-38(5)69-35-89-59/h11-20,26-27,35-37,43-48,51,54,79H,10,21-25,28-34H2,1-9H3,(H,70,80)/t37?,43?,44?,45-,46-,47+,51-,54?/m0/s1. The Balaban J connectivity index is 0.653. The quantitative estimate of drug-likeness (QED) is 0.0863. The van der Waals surface area contributed by atoms with Crippen molar-refractivity contribution >= 4 is 62.8 Å². The molecule has 8 atom stereocenters. The molecule has 89 heavy (non-hydrogen) atoms. The third-order valence-electron chi connectivity index (χ3n) is 18.2. The Hall–Kier alpha value is -8.02. The van der Waals surface area contributed by atoms with E-state index in [0.717, 1.165) is 70.1 Å². The number of likely N-dealkylation sites (tertiary alicyclic amines) is 3. The molecule has 9 heterocycles. The highest BCUT2D eigenvalue weighted by Gasteiger charge is 2.47. The summed E-state index contributed by atoms with van der Waals surface area (Å²) in [7, 11) is 1.97. The molecule has 5 aliphatic rings. The maximum absolute atomic E-state index is 17.4. The summed E-state index contributed by atoms with van der Waals surface area (Å²) in [5, 5.41) is 20.4. The van der Waals surface area contributed by atoms with Gasteiger partial charge in [0.2, 0.25) is 11.8 Å². The van der Waals surface area contributed by atoms with E-state index in [1.165, 1.54) is 4.90 Å². The van der Waals surface area contributed by atoms with Crippen molar-refractivity contribution in [3.05, 3.63) is 107 Å². The topological polar surface area (TPSA) is 231 Å². The number of pyridine rings is 1. The fourth-order valence-corrected chi connectivity index (χ4v) is 14.3. The lowest BCUT2D eigenvalue weighted by molar-refractivity contribution is -0.141. The van der Waals surface area contributed by atoms with Crippen LogP contribution in [0.2, 0.25) is 0 Å². The minimum atomic E-state index is -0.892. The number of amides is 4. The van der Waals surface area contributed by atoms with E-state index < -0.39 is 41.7 Å². The second-order valence-corrected chi connectivity index (χ2v) is 26.6. The largest absolute Gasteiger partial charge is 0.468 e. The molecule has 5 saturated heterocycles. The van der Waals surface area contributed by atoms with Crippen molar-refractivity contribution in [3.8, 4) is 33.6 Å². The van der Waals surface area contributed by atoms with Gasteiger partial charge in [-0.2, -0.15) is 9.97 Å². The van der Waals surface area contributed by atoms with E-state index in [2.05, 4.69) is 38.2 Å². The van der Waals surface area contributed by atoms with Gasteiger partial charge in [0, 0.05) is 56.0 Å². The summed E-state index contributed by atoms with van der Waals surface area (Å²) in [5.74, 6) is -1.47. The summed E-state index contributed by atoms with van der Waals surface area (Å²) in [5.41, 5.74) is 6.10. The van der Waals surface area contributed by atoms with Crippen molar-refractivity contribution in [3.63, 3.8) is 0 Å². The number of rotatable bonds is 17. The number of aliphatic hydroxyl groups excluding tert-OH is 1. The van der Waals surface area contributed by atoms with Crippen LogP contribution in [0.5, 0.6) is 11.9 Å². The number of aromatic nitrogens is 5. The molecule has 0 radical (unpaired) electrons. The van der Waals surface area contributed by atoms with E-state index in [4.69, 9.17) is 38.4 Å². The predicted molar refractivity (Wildman–Crippen MR) is 333 cm³/mol. The van der Waals surface area contributed by atoms with Crippen molar-refractivity contribution in [1.29, 1.82) is 0 Å². The number of fused-ring (bicyclic) bond motifs is 4. The van der Waals surface area contributed by atoms with Gasteiger partial charge in [0.25, 0.3) is 5.88 Å². The van der Waals surface area contributed by atoms with Crippen LogP contribution in [0.15, 0.2) is 83.0 Å². The Labute approximate surface area is 520 Å². The number of carbonyl (C=O) groups excluding carboxylic acids is 4. The first-order valence-corrected chi connectivity index (χ1v) is 31.9. The maximum Gasteiger partial charge on any atom is 0.410 e. The third-order valence-corrected chi connectivity index (χ3v) is 19.2. The molecule has 2 bridgehead atoms. The zero-order chi connectivity index (χ0) is 62.6. The van der Waals surface area contributed by atoms with Gasteiger partial charge in [0.15, 0.2) is 11.6 Å². The number of hydrogen-bond donors (Lipinski definition) is 2. The van der Waals surface area contributed by atoms with Gasteiger partial charge in [-0.15, -0.1) is 11.3 Å². The molecule has 21 nitrogen and oxygen atoms in total. The van der Waals surface area contributed by atoms with E-state index in [-0.39, 0.29) is 122 Å². The molecule has 470 valence electrons. The lowest BCUT2D eigenvalue weighted by Gasteiger charge is -2.42. The Bertz CT molecular complexity index is 3760. The number of likely N-dealkylation sites (N-methyl/N-ethyl adjacent to an activating group) is 1. The summed E-state index contributed by atoms with van der Waals surface area (Å²) in [6, 6.07) is 19.8. The monoisotopic (exact) mass is 1240 g/mol. The van der Waals surface area contributed by atoms with Gasteiger partial charge in [-0.05, 0) is 112 Å². The molecule has 4 aromatic heterocycles. The third kappa shape index (κ3) is 12.5. The fraction of sp³-hybridized carbons (Fsp3) is 0.500. The van der Waals surface area contributed by atoms with Crippen LogP contribution < -0.4 is 19.7 Å². The molecule has 0 aliphatic carbocycles. The number of piperazine rings is 1. The molecule has 7 aromatic rings. The SMILES string of the molecule is CCc1cccc2cccc(-c3ncc4c(N5CC6CCC(C5)N6C(=O)OC(C)(C)C)nc(OC[C@@H]5CC[C@@H](COC(=O)N6CC(Oc7cc(C(C(=O)N8C[C@H](O)C[C@H]8C(=O)NC(C)c8ccc(-c9scnc9C)cc8)C(C)C)on7)C6)N5C)nc4c3F)c12. The van der Waals surface area contributed by atoms with Crippen LogP contribution in [0.4, 0.5) is 19.8 Å². The molecule has 2 N–H and O–H groups in total. The Morgan fingerprint density at radius 3 is 2.29 bits per heavy atom. The molecule has 0 spiro atoms. The van der Waals surface area contributed by atoms with Crippen molar-refractivity contribution in [2.24, 2.45) is 5.92 Å². The van der Waals surface area contributed by atoms with Gasteiger partial charge in [0.05, 0.1) is 58.8 Å². The number of ether oxygens (including phenoxy) is 4. The van der Waals surface area contributed by atoms with Crippen LogP contribution in [-0.2, 0) is 25.5 Å². The molecule has 0 saturated carbocycles. The average molecular weight is 1240 g/mol. The minimum absolute atomic E-state index is 0.00454. The number of carbonyl (C=O) groups is 4. The van der Waals surface area contributed by atoms with E-state index in [1.54, 1.807) is 28.5 Å². The highest BCUT2D eigenvalue weighted by Crippen LogP contribution is 2.41. The average Bonchev–Trinajstić information content (AvgIpc) is 2.01. The van der Waals surface area contributed by atoms with Gasteiger partial charge in [-0.3, -0.25) is 24.4 Å². The number of thiazole rings is 1. The number of hydrogen-bond acceptors (Lipinski definition) is 18. The Kier molecular flexibility index (Phi) is 17.3. The Morgan fingerprint density at radius 2 is 1.61 bits per heavy atom. The van der Waals surface area contributed by atoms with E-state index in [0.29, 0.717) is 29.9 Å². The second-order valence-electron chi connectivity index (χ2n) is 25.8. The maximum atomic E-state index is 17.4. The molecule has 5 aliphatic heterocycles. The number of benzene rings is 3. The highest BCUT2D eigenvalue weighted by molar-refractivity contribution is 7.13. The van der Waals surface area contributed by atoms with Crippen molar-refractivity contribution in [2.75, 3.05) is 57.9 Å². The van der Waals surface area contributed by atoms with Gasteiger partial charge < -0.3 is 48.6 Å². The summed E-state index contributed by atoms with van der Waals surface area (Å²) in [6.07, 6.45) is 3.47. The lowest BCUT2D eigenvalue weighted by atomic mass is 9.91. The minimum Gasteiger partial charge on any atom is -0.468 e. The Morgan fingerprint density at radius 1 is 0.888 bits per heavy atom. The van der Waals surface area contributed by atoms with Crippen LogP contribution >= 0.6 is 11.3 Å². The van der Waals surface area contributed by atoms with Crippen LogP contribution in [0.1, 0.15) is 115 Å².